The monoisotopic (exact) mass is 402 g/mol. The van der Waals surface area contributed by atoms with Crippen molar-refractivity contribution in [3.05, 3.63) is 52.2 Å². The van der Waals surface area contributed by atoms with Crippen molar-refractivity contribution in [2.45, 2.75) is 32.9 Å². The van der Waals surface area contributed by atoms with Gasteiger partial charge in [-0.15, -0.1) is 11.3 Å². The van der Waals surface area contributed by atoms with Crippen molar-refractivity contribution < 1.29 is 0 Å². The number of hydrogen-bond acceptors (Lipinski definition) is 4. The largest absolute Gasteiger partial charge is 0.358 e. The zero-order valence-corrected chi connectivity index (χ0v) is 18.1. The SMILES string of the molecule is CCN1CCN([C@H](c2cccs2)[C@@H](C)NC(=S)Nc2ccccc2C)CC1. The Morgan fingerprint density at radius 2 is 1.89 bits per heavy atom. The minimum Gasteiger partial charge on any atom is -0.358 e. The first kappa shape index (κ1) is 20.3. The van der Waals surface area contributed by atoms with E-state index in [2.05, 4.69) is 70.9 Å². The number of nitrogens with one attached hydrogen (secondary N) is 2. The van der Waals surface area contributed by atoms with Crippen LogP contribution in [-0.2, 0) is 0 Å². The molecule has 0 unspecified atom stereocenters. The van der Waals surface area contributed by atoms with Gasteiger partial charge in [0, 0.05) is 42.8 Å². The lowest BCUT2D eigenvalue weighted by molar-refractivity contribution is 0.0883. The summed E-state index contributed by atoms with van der Waals surface area (Å²) in [6, 6.07) is 13.2. The summed E-state index contributed by atoms with van der Waals surface area (Å²) in [6.07, 6.45) is 0. The highest BCUT2D eigenvalue weighted by molar-refractivity contribution is 7.80. The number of benzene rings is 1. The first-order valence-electron chi connectivity index (χ1n) is 9.71. The summed E-state index contributed by atoms with van der Waals surface area (Å²) in [6.45, 7) is 12.2. The molecule has 0 amide bonds. The first-order valence-corrected chi connectivity index (χ1v) is 11.0. The molecule has 0 aliphatic carbocycles. The fraction of sp³-hybridized carbons (Fsp3) is 0.476. The summed E-state index contributed by atoms with van der Waals surface area (Å²) in [5.41, 5.74) is 2.26. The van der Waals surface area contributed by atoms with Gasteiger partial charge in [-0.1, -0.05) is 31.2 Å². The van der Waals surface area contributed by atoms with Gasteiger partial charge in [0.05, 0.1) is 6.04 Å². The molecule has 2 aromatic rings. The minimum absolute atomic E-state index is 0.223. The van der Waals surface area contributed by atoms with Gasteiger partial charge >= 0.3 is 0 Å². The molecule has 1 aromatic carbocycles. The molecule has 3 rings (SSSR count). The number of hydrogen-bond donors (Lipinski definition) is 2. The van der Waals surface area contributed by atoms with Crippen LogP contribution in [0.5, 0.6) is 0 Å². The number of rotatable bonds is 6. The highest BCUT2D eigenvalue weighted by Gasteiger charge is 2.30. The number of nitrogens with zero attached hydrogens (tertiary/aromatic N) is 2. The lowest BCUT2D eigenvalue weighted by Gasteiger charge is -2.41. The fourth-order valence-corrected chi connectivity index (χ4v) is 4.98. The third-order valence-electron chi connectivity index (χ3n) is 5.31. The third kappa shape index (κ3) is 5.29. The van der Waals surface area contributed by atoms with Gasteiger partial charge < -0.3 is 15.5 Å². The smallest absolute Gasteiger partial charge is 0.171 e. The van der Waals surface area contributed by atoms with Crippen LogP contribution in [0.3, 0.4) is 0 Å². The lowest BCUT2D eigenvalue weighted by Crippen LogP contribution is -2.52. The lowest BCUT2D eigenvalue weighted by atomic mass is 10.0. The topological polar surface area (TPSA) is 30.5 Å². The molecular weight excluding hydrogens is 372 g/mol. The van der Waals surface area contributed by atoms with Gasteiger partial charge in [0.15, 0.2) is 5.11 Å². The Morgan fingerprint density at radius 1 is 1.15 bits per heavy atom. The summed E-state index contributed by atoms with van der Waals surface area (Å²) in [5.74, 6) is 0. The third-order valence-corrected chi connectivity index (χ3v) is 6.47. The second-order valence-corrected chi connectivity index (χ2v) is 8.52. The van der Waals surface area contributed by atoms with Crippen molar-refractivity contribution in [1.29, 1.82) is 0 Å². The van der Waals surface area contributed by atoms with Gasteiger partial charge in [-0.25, -0.2) is 0 Å². The number of anilines is 1. The standard InChI is InChI=1S/C21H30N4S2/c1-4-24-11-13-25(14-12-24)20(19-10-7-15-27-19)17(3)22-21(26)23-18-9-6-5-8-16(18)2/h5-10,15,17,20H,4,11-14H2,1-3H3,(H2,22,23,26)/t17-,20+/m1/s1. The molecule has 27 heavy (non-hydrogen) atoms. The maximum atomic E-state index is 5.61. The van der Waals surface area contributed by atoms with Crippen molar-refractivity contribution in [3.63, 3.8) is 0 Å². The summed E-state index contributed by atoms with van der Waals surface area (Å²) in [7, 11) is 0. The van der Waals surface area contributed by atoms with Gasteiger partial charge in [0.25, 0.3) is 0 Å². The van der Waals surface area contributed by atoms with Gasteiger partial charge in [-0.2, -0.15) is 0 Å². The second kappa shape index (κ2) is 9.64. The highest BCUT2D eigenvalue weighted by Crippen LogP contribution is 2.29. The van der Waals surface area contributed by atoms with Crippen LogP contribution in [-0.4, -0.2) is 53.7 Å². The predicted molar refractivity (Wildman–Crippen MR) is 121 cm³/mol. The summed E-state index contributed by atoms with van der Waals surface area (Å²) in [4.78, 5) is 6.52. The first-order chi connectivity index (χ1) is 13.1. The van der Waals surface area contributed by atoms with E-state index in [0.717, 1.165) is 38.4 Å². The molecule has 2 N–H and O–H groups in total. The molecule has 2 atom stereocenters. The van der Waals surface area contributed by atoms with Crippen molar-refractivity contribution in [2.75, 3.05) is 38.0 Å². The average Bonchev–Trinajstić information content (AvgIpc) is 3.18. The molecular formula is C21H30N4S2. The Labute approximate surface area is 172 Å². The Hall–Kier alpha value is -1.47. The van der Waals surface area contributed by atoms with E-state index >= 15 is 0 Å². The van der Waals surface area contributed by atoms with Crippen molar-refractivity contribution in [1.82, 2.24) is 15.1 Å². The second-order valence-electron chi connectivity index (χ2n) is 7.13. The quantitative estimate of drug-likeness (QED) is 0.710. The molecule has 4 nitrogen and oxygen atoms in total. The predicted octanol–water partition coefficient (Wildman–Crippen LogP) is 4.11. The van der Waals surface area contributed by atoms with E-state index in [0.29, 0.717) is 11.2 Å². The van der Waals surface area contributed by atoms with Gasteiger partial charge in [-0.3, -0.25) is 4.90 Å². The number of para-hydroxylation sites is 1. The normalized spacial score (nSPS) is 18.0. The number of thiophene rings is 1. The van der Waals surface area contributed by atoms with E-state index < -0.39 is 0 Å². The molecule has 1 fully saturated rings. The van der Waals surface area contributed by atoms with E-state index in [4.69, 9.17) is 12.2 Å². The zero-order chi connectivity index (χ0) is 19.2. The van der Waals surface area contributed by atoms with E-state index in [-0.39, 0.29) is 6.04 Å². The van der Waals surface area contributed by atoms with Crippen LogP contribution in [0.15, 0.2) is 41.8 Å². The van der Waals surface area contributed by atoms with Crippen molar-refractivity contribution >= 4 is 34.4 Å². The molecule has 0 bridgehead atoms. The van der Waals surface area contributed by atoms with E-state index in [1.807, 2.05) is 23.5 Å². The van der Waals surface area contributed by atoms with Crippen LogP contribution in [0.2, 0.25) is 0 Å². The van der Waals surface area contributed by atoms with Gasteiger partial charge in [-0.05, 0) is 55.7 Å². The number of likely N-dealkylation sites (N-methyl/N-ethyl adjacent to an activating group) is 1. The molecule has 0 radical (unpaired) electrons. The van der Waals surface area contributed by atoms with Crippen LogP contribution in [0, 0.1) is 6.92 Å². The number of aryl methyl sites for hydroxylation is 1. The molecule has 1 saturated heterocycles. The molecule has 146 valence electrons. The van der Waals surface area contributed by atoms with Crippen LogP contribution in [0.4, 0.5) is 5.69 Å². The Balaban J connectivity index is 1.67. The van der Waals surface area contributed by atoms with Crippen LogP contribution in [0.1, 0.15) is 30.3 Å². The summed E-state index contributed by atoms with van der Waals surface area (Å²) >= 11 is 7.45. The van der Waals surface area contributed by atoms with Crippen LogP contribution >= 0.6 is 23.6 Å². The molecule has 6 heteroatoms. The van der Waals surface area contributed by atoms with E-state index in [1.54, 1.807) is 0 Å². The van der Waals surface area contributed by atoms with Crippen LogP contribution in [0.25, 0.3) is 0 Å². The Kier molecular flexibility index (Phi) is 7.24. The number of thiocarbonyl (C=S) groups is 1. The van der Waals surface area contributed by atoms with Crippen LogP contribution < -0.4 is 10.6 Å². The maximum absolute atomic E-state index is 5.61. The zero-order valence-electron chi connectivity index (χ0n) is 16.4. The van der Waals surface area contributed by atoms with Gasteiger partial charge in [0.1, 0.15) is 0 Å². The minimum atomic E-state index is 0.223. The Bertz CT molecular complexity index is 724. The molecule has 1 aromatic heterocycles. The maximum Gasteiger partial charge on any atom is 0.171 e. The molecule has 0 saturated carbocycles. The number of piperazine rings is 1. The van der Waals surface area contributed by atoms with Gasteiger partial charge in [0.2, 0.25) is 0 Å². The molecule has 0 spiro atoms. The Morgan fingerprint density at radius 3 is 2.52 bits per heavy atom. The molecule has 1 aliphatic rings. The van der Waals surface area contributed by atoms with Crippen molar-refractivity contribution in [2.24, 2.45) is 0 Å². The van der Waals surface area contributed by atoms with E-state index in [1.165, 1.54) is 10.4 Å². The van der Waals surface area contributed by atoms with Crippen molar-refractivity contribution in [3.8, 4) is 0 Å². The highest BCUT2D eigenvalue weighted by atomic mass is 32.1. The molecule has 2 heterocycles. The fourth-order valence-electron chi connectivity index (χ4n) is 3.72. The summed E-state index contributed by atoms with van der Waals surface area (Å²) in [5, 5.41) is 9.75. The summed E-state index contributed by atoms with van der Waals surface area (Å²) < 4.78 is 0. The molecule has 1 aliphatic heterocycles. The van der Waals surface area contributed by atoms with E-state index in [9.17, 15) is 0 Å². The average molecular weight is 403 g/mol.